The summed E-state index contributed by atoms with van der Waals surface area (Å²) < 4.78 is 0. The number of hydrogen-bond donors (Lipinski definition) is 2. The summed E-state index contributed by atoms with van der Waals surface area (Å²) in [5.74, 6) is 0.0661. The van der Waals surface area contributed by atoms with Crippen molar-refractivity contribution in [3.05, 3.63) is 69.8 Å². The molecule has 0 aliphatic carbocycles. The Bertz CT molecular complexity index is 854. The molecule has 0 saturated carbocycles. The summed E-state index contributed by atoms with van der Waals surface area (Å²) in [6.07, 6.45) is 3.23. The Balaban J connectivity index is 1.36. The first kappa shape index (κ1) is 21.8. The van der Waals surface area contributed by atoms with Gasteiger partial charge in [0.05, 0.1) is 4.92 Å². The lowest BCUT2D eigenvalue weighted by atomic mass is 9.98. The lowest BCUT2D eigenvalue weighted by Gasteiger charge is -2.35. The smallest absolute Gasteiger partial charge is 0.269 e. The Hall–Kier alpha value is -2.93. The first-order chi connectivity index (χ1) is 14.6. The van der Waals surface area contributed by atoms with Gasteiger partial charge in [-0.05, 0) is 42.5 Å². The molecule has 7 heteroatoms. The molecule has 7 nitrogen and oxygen atoms in total. The summed E-state index contributed by atoms with van der Waals surface area (Å²) in [6.45, 7) is 5.47. The van der Waals surface area contributed by atoms with Crippen LogP contribution < -0.4 is 10.6 Å². The Morgan fingerprint density at radius 2 is 1.90 bits per heavy atom. The average Bonchev–Trinajstić information content (AvgIpc) is 2.77. The van der Waals surface area contributed by atoms with E-state index in [4.69, 9.17) is 0 Å². The van der Waals surface area contributed by atoms with Gasteiger partial charge in [-0.25, -0.2) is 0 Å². The summed E-state index contributed by atoms with van der Waals surface area (Å²) >= 11 is 0. The Kier molecular flexibility index (Phi) is 7.79. The number of benzene rings is 2. The van der Waals surface area contributed by atoms with Gasteiger partial charge in [-0.2, -0.15) is 0 Å². The van der Waals surface area contributed by atoms with Gasteiger partial charge in [-0.1, -0.05) is 31.2 Å². The number of non-ortho nitro benzene ring substituents is 1. The first-order valence-electron chi connectivity index (χ1n) is 10.6. The highest BCUT2D eigenvalue weighted by molar-refractivity contribution is 5.75. The van der Waals surface area contributed by atoms with Crippen molar-refractivity contribution in [2.45, 2.75) is 45.2 Å². The first-order valence-corrected chi connectivity index (χ1v) is 10.6. The molecule has 0 aromatic heterocycles. The topological polar surface area (TPSA) is 87.5 Å². The average molecular weight is 411 g/mol. The van der Waals surface area contributed by atoms with Crippen LogP contribution in [0.2, 0.25) is 0 Å². The molecule has 0 bridgehead atoms. The van der Waals surface area contributed by atoms with Gasteiger partial charge in [0.1, 0.15) is 0 Å². The van der Waals surface area contributed by atoms with Crippen LogP contribution >= 0.6 is 0 Å². The van der Waals surface area contributed by atoms with Gasteiger partial charge in [-0.15, -0.1) is 0 Å². The quantitative estimate of drug-likeness (QED) is 0.354. The van der Waals surface area contributed by atoms with E-state index in [9.17, 15) is 14.9 Å². The van der Waals surface area contributed by atoms with Crippen molar-refractivity contribution < 1.29 is 9.72 Å². The number of nitrogens with one attached hydrogen (secondary N) is 2. The number of nitro groups is 1. The van der Waals surface area contributed by atoms with E-state index in [-0.39, 0.29) is 11.6 Å². The van der Waals surface area contributed by atoms with E-state index < -0.39 is 4.92 Å². The van der Waals surface area contributed by atoms with Gasteiger partial charge < -0.3 is 10.6 Å². The third kappa shape index (κ3) is 6.03. The van der Waals surface area contributed by atoms with E-state index in [0.717, 1.165) is 31.6 Å². The Morgan fingerprint density at radius 1 is 1.17 bits per heavy atom. The fourth-order valence-corrected chi connectivity index (χ4v) is 3.86. The van der Waals surface area contributed by atoms with Crippen LogP contribution in [0.25, 0.3) is 0 Å². The summed E-state index contributed by atoms with van der Waals surface area (Å²) in [5.41, 5.74) is 3.72. The number of rotatable bonds is 10. The van der Waals surface area contributed by atoms with E-state index in [1.54, 1.807) is 12.1 Å². The van der Waals surface area contributed by atoms with E-state index in [1.807, 2.05) is 0 Å². The van der Waals surface area contributed by atoms with Crippen molar-refractivity contribution in [2.75, 3.05) is 25.0 Å². The van der Waals surface area contributed by atoms with Crippen LogP contribution in [-0.4, -0.2) is 41.4 Å². The summed E-state index contributed by atoms with van der Waals surface area (Å²) in [6, 6.07) is 15.3. The Labute approximate surface area is 177 Å². The van der Waals surface area contributed by atoms with Crippen LogP contribution in [0.15, 0.2) is 48.5 Å². The van der Waals surface area contributed by atoms with E-state index in [2.05, 4.69) is 46.7 Å². The Morgan fingerprint density at radius 3 is 2.60 bits per heavy atom. The van der Waals surface area contributed by atoms with Crippen LogP contribution in [-0.2, 0) is 17.8 Å². The summed E-state index contributed by atoms with van der Waals surface area (Å²) in [4.78, 5) is 25.0. The second-order valence-electron chi connectivity index (χ2n) is 7.69. The highest BCUT2D eigenvalue weighted by Gasteiger charge is 2.22. The monoisotopic (exact) mass is 410 g/mol. The second kappa shape index (κ2) is 10.7. The van der Waals surface area contributed by atoms with Crippen molar-refractivity contribution in [1.82, 2.24) is 10.2 Å². The fraction of sp³-hybridized carbons (Fsp3) is 0.435. The molecule has 160 valence electrons. The molecular formula is C23H30N4O3. The molecule has 1 aliphatic rings. The van der Waals surface area contributed by atoms with Crippen LogP contribution in [0.4, 0.5) is 11.4 Å². The minimum Gasteiger partial charge on any atom is -0.385 e. The molecule has 0 fully saturated rings. The molecule has 1 unspecified atom stereocenters. The van der Waals surface area contributed by atoms with Crippen LogP contribution in [0, 0.1) is 10.1 Å². The van der Waals surface area contributed by atoms with Crippen molar-refractivity contribution in [3.63, 3.8) is 0 Å². The molecule has 1 atom stereocenters. The maximum Gasteiger partial charge on any atom is 0.269 e. The molecule has 0 spiro atoms. The number of carbonyl (C=O) groups excluding carboxylic acids is 1. The zero-order valence-electron chi connectivity index (χ0n) is 17.5. The molecular weight excluding hydrogens is 380 g/mol. The largest absolute Gasteiger partial charge is 0.385 e. The standard InChI is InChI=1S/C23H30N4O3/c1-2-21(26-15-13-18-6-3-4-7-19(18)17-26)16-25-23(28)8-5-14-24-20-9-11-22(12-10-20)27(29)30/h3-4,6-7,9-12,21,24H,2,5,8,13-17H2,1H3,(H,25,28). The number of carbonyl (C=O) groups is 1. The van der Waals surface area contributed by atoms with Crippen LogP contribution in [0.5, 0.6) is 0 Å². The number of nitrogens with zero attached hydrogens (tertiary/aromatic N) is 2. The predicted molar refractivity (Wildman–Crippen MR) is 118 cm³/mol. The SMILES string of the molecule is CCC(CNC(=O)CCCNc1ccc([N+](=O)[O-])cc1)N1CCc2ccccc2C1. The maximum atomic E-state index is 12.2. The normalized spacial score (nSPS) is 14.6. The predicted octanol–water partition coefficient (Wildman–Crippen LogP) is 3.74. The van der Waals surface area contributed by atoms with Gasteiger partial charge in [0.2, 0.25) is 5.91 Å². The van der Waals surface area contributed by atoms with Gasteiger partial charge in [0, 0.05) is 56.5 Å². The van der Waals surface area contributed by atoms with Crippen molar-refractivity contribution in [3.8, 4) is 0 Å². The molecule has 1 heterocycles. The lowest BCUT2D eigenvalue weighted by Crippen LogP contribution is -2.45. The van der Waals surface area contributed by atoms with E-state index >= 15 is 0 Å². The zero-order valence-corrected chi connectivity index (χ0v) is 17.5. The van der Waals surface area contributed by atoms with Crippen molar-refractivity contribution >= 4 is 17.3 Å². The second-order valence-corrected chi connectivity index (χ2v) is 7.69. The fourth-order valence-electron chi connectivity index (χ4n) is 3.86. The van der Waals surface area contributed by atoms with Gasteiger partial charge in [-0.3, -0.25) is 19.8 Å². The third-order valence-electron chi connectivity index (χ3n) is 5.67. The molecule has 30 heavy (non-hydrogen) atoms. The van der Waals surface area contributed by atoms with E-state index in [1.165, 1.54) is 23.3 Å². The molecule has 1 aliphatic heterocycles. The molecule has 1 amide bonds. The van der Waals surface area contributed by atoms with E-state index in [0.29, 0.717) is 32.0 Å². The minimum absolute atomic E-state index is 0.0661. The maximum absolute atomic E-state index is 12.2. The highest BCUT2D eigenvalue weighted by atomic mass is 16.6. The van der Waals surface area contributed by atoms with Gasteiger partial charge >= 0.3 is 0 Å². The number of hydrogen-bond acceptors (Lipinski definition) is 5. The molecule has 2 aromatic carbocycles. The highest BCUT2D eigenvalue weighted by Crippen LogP contribution is 2.21. The zero-order chi connectivity index (χ0) is 21.3. The number of fused-ring (bicyclic) bond motifs is 1. The summed E-state index contributed by atoms with van der Waals surface area (Å²) in [7, 11) is 0. The molecule has 2 N–H and O–H groups in total. The van der Waals surface area contributed by atoms with Crippen molar-refractivity contribution in [1.29, 1.82) is 0 Å². The number of anilines is 1. The van der Waals surface area contributed by atoms with Gasteiger partial charge in [0.25, 0.3) is 5.69 Å². The van der Waals surface area contributed by atoms with Gasteiger partial charge in [0.15, 0.2) is 0 Å². The number of amides is 1. The summed E-state index contributed by atoms with van der Waals surface area (Å²) in [5, 5.41) is 17.0. The lowest BCUT2D eigenvalue weighted by molar-refractivity contribution is -0.384. The minimum atomic E-state index is -0.416. The van der Waals surface area contributed by atoms with Crippen molar-refractivity contribution in [2.24, 2.45) is 0 Å². The number of nitro benzene ring substituents is 1. The van der Waals surface area contributed by atoms with Crippen LogP contribution in [0.1, 0.15) is 37.3 Å². The molecule has 0 radical (unpaired) electrons. The molecule has 2 aromatic rings. The third-order valence-corrected chi connectivity index (χ3v) is 5.67. The molecule has 0 saturated heterocycles. The molecule has 3 rings (SSSR count). The van der Waals surface area contributed by atoms with Crippen LogP contribution in [0.3, 0.4) is 0 Å².